The molecule has 0 spiro atoms. The highest BCUT2D eigenvalue weighted by atomic mass is 16.6. The van der Waals surface area contributed by atoms with E-state index in [0.29, 0.717) is 5.56 Å². The molecular weight excluding hydrogens is 300 g/mol. The van der Waals surface area contributed by atoms with Gasteiger partial charge in [-0.05, 0) is 18.2 Å². The number of hydrogen-bond acceptors (Lipinski definition) is 3. The van der Waals surface area contributed by atoms with Crippen molar-refractivity contribution in [2.24, 2.45) is 0 Å². The molecule has 0 amide bonds. The summed E-state index contributed by atoms with van der Waals surface area (Å²) in [6.07, 6.45) is 0. The van der Waals surface area contributed by atoms with Crippen LogP contribution < -0.4 is 4.74 Å². The zero-order chi connectivity index (χ0) is 16.6. The first-order valence-electron chi connectivity index (χ1n) is 7.78. The summed E-state index contributed by atoms with van der Waals surface area (Å²) in [5.41, 5.74) is 2.37. The Bertz CT molecular complexity index is 884. The Morgan fingerprint density at radius 1 is 0.792 bits per heavy atom. The van der Waals surface area contributed by atoms with E-state index in [2.05, 4.69) is 0 Å². The second-order valence-electron chi connectivity index (χ2n) is 5.71. The van der Waals surface area contributed by atoms with Crippen LogP contribution in [0.4, 0.5) is 0 Å². The van der Waals surface area contributed by atoms with Crippen LogP contribution in [0.1, 0.15) is 27.0 Å². The molecule has 1 atom stereocenters. The number of cyclic esters (lactones) is 1. The number of hydrogen-bond donors (Lipinski definition) is 0. The van der Waals surface area contributed by atoms with Crippen molar-refractivity contribution in [3.8, 4) is 5.75 Å². The molecule has 1 aliphatic rings. The van der Waals surface area contributed by atoms with Gasteiger partial charge in [0.2, 0.25) is 0 Å². The number of rotatable bonds is 3. The van der Waals surface area contributed by atoms with Gasteiger partial charge in [-0.1, -0.05) is 60.7 Å². The van der Waals surface area contributed by atoms with E-state index >= 15 is 0 Å². The lowest BCUT2D eigenvalue weighted by molar-refractivity contribution is 0.0251. The van der Waals surface area contributed by atoms with E-state index in [0.717, 1.165) is 22.4 Å². The van der Waals surface area contributed by atoms with Gasteiger partial charge in [-0.2, -0.15) is 0 Å². The summed E-state index contributed by atoms with van der Waals surface area (Å²) in [5.74, 6) is 0.463. The van der Waals surface area contributed by atoms with Gasteiger partial charge in [0.15, 0.2) is 5.60 Å². The molecule has 0 aliphatic carbocycles. The molecule has 4 rings (SSSR count). The van der Waals surface area contributed by atoms with Crippen LogP contribution >= 0.6 is 0 Å². The number of ether oxygens (including phenoxy) is 2. The second kappa shape index (κ2) is 5.53. The predicted octanol–water partition coefficient (Wildman–Crippen LogP) is 4.16. The Balaban J connectivity index is 2.00. The standard InChI is InChI=1S/C21H16O3/c1-23-17-13-11-16(12-14-17)21(15-7-3-2-4-8-15)19-10-6-5-9-18(19)20(22)24-21/h2-14H,1H3. The average Bonchev–Trinajstić information content (AvgIpc) is 2.97. The quantitative estimate of drug-likeness (QED) is 0.681. The van der Waals surface area contributed by atoms with E-state index in [1.165, 1.54) is 0 Å². The Morgan fingerprint density at radius 3 is 2.12 bits per heavy atom. The summed E-state index contributed by atoms with van der Waals surface area (Å²) < 4.78 is 11.2. The lowest BCUT2D eigenvalue weighted by atomic mass is 9.80. The monoisotopic (exact) mass is 316 g/mol. The van der Waals surface area contributed by atoms with E-state index in [1.807, 2.05) is 78.9 Å². The molecule has 1 unspecified atom stereocenters. The van der Waals surface area contributed by atoms with Crippen molar-refractivity contribution in [3.05, 3.63) is 101 Å². The third-order valence-electron chi connectivity index (χ3n) is 4.45. The van der Waals surface area contributed by atoms with E-state index in [9.17, 15) is 4.79 Å². The Morgan fingerprint density at radius 2 is 1.42 bits per heavy atom. The highest BCUT2D eigenvalue weighted by Crippen LogP contribution is 2.46. The minimum atomic E-state index is -0.929. The number of esters is 1. The van der Waals surface area contributed by atoms with E-state index < -0.39 is 5.60 Å². The molecule has 3 aromatic rings. The summed E-state index contributed by atoms with van der Waals surface area (Å²) in [6, 6.07) is 25.0. The Labute approximate surface area is 140 Å². The molecule has 3 heteroatoms. The van der Waals surface area contributed by atoms with Gasteiger partial charge >= 0.3 is 5.97 Å². The second-order valence-corrected chi connectivity index (χ2v) is 5.71. The van der Waals surface area contributed by atoms with Crippen LogP contribution in [-0.2, 0) is 10.3 Å². The van der Waals surface area contributed by atoms with Crippen molar-refractivity contribution >= 4 is 5.97 Å². The molecule has 0 saturated carbocycles. The fraction of sp³-hybridized carbons (Fsp3) is 0.0952. The minimum Gasteiger partial charge on any atom is -0.497 e. The first-order chi connectivity index (χ1) is 11.8. The number of carbonyl (C=O) groups excluding carboxylic acids is 1. The van der Waals surface area contributed by atoms with Gasteiger partial charge < -0.3 is 9.47 Å². The molecule has 0 aromatic heterocycles. The van der Waals surface area contributed by atoms with E-state index in [-0.39, 0.29) is 5.97 Å². The normalized spacial score (nSPS) is 18.8. The maximum absolute atomic E-state index is 12.5. The molecule has 0 bridgehead atoms. The molecule has 1 aliphatic heterocycles. The van der Waals surface area contributed by atoms with Crippen LogP contribution in [0.3, 0.4) is 0 Å². The van der Waals surface area contributed by atoms with Crippen LogP contribution in [0, 0.1) is 0 Å². The summed E-state index contributed by atoms with van der Waals surface area (Å²) in [6.45, 7) is 0. The van der Waals surface area contributed by atoms with Gasteiger partial charge in [-0.3, -0.25) is 0 Å². The minimum absolute atomic E-state index is 0.301. The van der Waals surface area contributed by atoms with E-state index in [4.69, 9.17) is 9.47 Å². The smallest absolute Gasteiger partial charge is 0.340 e. The number of benzene rings is 3. The molecule has 3 aromatic carbocycles. The average molecular weight is 316 g/mol. The summed E-state index contributed by atoms with van der Waals surface area (Å²) in [7, 11) is 1.63. The first kappa shape index (κ1) is 14.5. The van der Waals surface area contributed by atoms with Gasteiger partial charge in [-0.25, -0.2) is 4.79 Å². The highest BCUT2D eigenvalue weighted by Gasteiger charge is 2.48. The SMILES string of the molecule is COc1ccc(C2(c3ccccc3)OC(=O)c3ccccc32)cc1. The van der Waals surface area contributed by atoms with Crippen molar-refractivity contribution in [1.29, 1.82) is 0 Å². The summed E-state index contributed by atoms with van der Waals surface area (Å²) in [4.78, 5) is 12.5. The lowest BCUT2D eigenvalue weighted by Gasteiger charge is -2.30. The van der Waals surface area contributed by atoms with Crippen LogP contribution in [0.25, 0.3) is 0 Å². The molecule has 0 saturated heterocycles. The largest absolute Gasteiger partial charge is 0.497 e. The molecule has 1 heterocycles. The fourth-order valence-electron chi connectivity index (χ4n) is 3.31. The van der Waals surface area contributed by atoms with Crippen LogP contribution in [0.5, 0.6) is 5.75 Å². The van der Waals surface area contributed by atoms with Gasteiger partial charge in [0.25, 0.3) is 0 Å². The van der Waals surface area contributed by atoms with Crippen molar-refractivity contribution in [2.75, 3.05) is 7.11 Å². The number of carbonyl (C=O) groups is 1. The van der Waals surface area contributed by atoms with Crippen molar-refractivity contribution in [2.45, 2.75) is 5.60 Å². The Kier molecular flexibility index (Phi) is 3.35. The molecule has 3 nitrogen and oxygen atoms in total. The van der Waals surface area contributed by atoms with Crippen molar-refractivity contribution in [1.82, 2.24) is 0 Å². The van der Waals surface area contributed by atoms with Gasteiger partial charge in [0.05, 0.1) is 12.7 Å². The fourth-order valence-corrected chi connectivity index (χ4v) is 3.31. The number of fused-ring (bicyclic) bond motifs is 1. The lowest BCUT2D eigenvalue weighted by Crippen LogP contribution is -2.29. The molecule has 0 radical (unpaired) electrons. The topological polar surface area (TPSA) is 35.5 Å². The zero-order valence-corrected chi connectivity index (χ0v) is 13.2. The molecular formula is C21H16O3. The van der Waals surface area contributed by atoms with Crippen molar-refractivity contribution in [3.63, 3.8) is 0 Å². The van der Waals surface area contributed by atoms with E-state index in [1.54, 1.807) is 7.11 Å². The first-order valence-corrected chi connectivity index (χ1v) is 7.78. The third-order valence-corrected chi connectivity index (χ3v) is 4.45. The molecule has 24 heavy (non-hydrogen) atoms. The predicted molar refractivity (Wildman–Crippen MR) is 91.2 cm³/mol. The van der Waals surface area contributed by atoms with Crippen LogP contribution in [-0.4, -0.2) is 13.1 Å². The number of methoxy groups -OCH3 is 1. The van der Waals surface area contributed by atoms with Crippen molar-refractivity contribution < 1.29 is 14.3 Å². The third kappa shape index (κ3) is 2.02. The summed E-state index contributed by atoms with van der Waals surface area (Å²) >= 11 is 0. The van der Waals surface area contributed by atoms with Gasteiger partial charge in [-0.15, -0.1) is 0 Å². The summed E-state index contributed by atoms with van der Waals surface area (Å²) in [5, 5.41) is 0. The highest BCUT2D eigenvalue weighted by molar-refractivity contribution is 5.96. The molecule has 0 N–H and O–H groups in total. The van der Waals surface area contributed by atoms with Gasteiger partial charge in [0.1, 0.15) is 5.75 Å². The van der Waals surface area contributed by atoms with Crippen LogP contribution in [0.15, 0.2) is 78.9 Å². The zero-order valence-electron chi connectivity index (χ0n) is 13.2. The molecule has 118 valence electrons. The van der Waals surface area contributed by atoms with Crippen LogP contribution in [0.2, 0.25) is 0 Å². The van der Waals surface area contributed by atoms with Gasteiger partial charge in [0, 0.05) is 16.7 Å². The molecule has 0 fully saturated rings. The maximum Gasteiger partial charge on any atom is 0.340 e. The maximum atomic E-state index is 12.5. The Hall–Kier alpha value is -3.07.